The van der Waals surface area contributed by atoms with Crippen molar-refractivity contribution in [3.63, 3.8) is 0 Å². The minimum atomic E-state index is 0.0591. The number of allylic oxidation sites excluding steroid dienone is 2. The molecule has 0 bridgehead atoms. The molecule has 1 amide bonds. The monoisotopic (exact) mass is 339 g/mol. The Morgan fingerprint density at radius 1 is 1.29 bits per heavy atom. The molecule has 0 aliphatic heterocycles. The highest BCUT2D eigenvalue weighted by Gasteiger charge is 2.19. The van der Waals surface area contributed by atoms with Gasteiger partial charge in [-0.1, -0.05) is 18.2 Å². The van der Waals surface area contributed by atoms with Crippen LogP contribution in [-0.2, 0) is 11.3 Å². The highest BCUT2D eigenvalue weighted by Crippen LogP contribution is 2.22. The molecule has 0 saturated heterocycles. The van der Waals surface area contributed by atoms with E-state index in [0.717, 1.165) is 29.8 Å². The number of carbonyl (C=O) groups excluding carboxylic acids is 1. The summed E-state index contributed by atoms with van der Waals surface area (Å²) in [6.07, 6.45) is 6.90. The summed E-state index contributed by atoms with van der Waals surface area (Å²) < 4.78 is 1.70. The number of fused-ring (bicyclic) bond motifs is 1. The summed E-state index contributed by atoms with van der Waals surface area (Å²) in [5.74, 6) is 0.775. The van der Waals surface area contributed by atoms with Crippen LogP contribution in [0.25, 0.3) is 16.2 Å². The number of hydrogen-bond donors (Lipinski definition) is 1. The second-order valence-electron chi connectivity index (χ2n) is 5.78. The summed E-state index contributed by atoms with van der Waals surface area (Å²) in [5.41, 5.74) is 1.56. The van der Waals surface area contributed by atoms with E-state index >= 15 is 0 Å². The predicted octanol–water partition coefficient (Wildman–Crippen LogP) is 2.83. The van der Waals surface area contributed by atoms with Gasteiger partial charge in [0.1, 0.15) is 5.69 Å². The molecule has 7 heteroatoms. The minimum Gasteiger partial charge on any atom is -0.348 e. The lowest BCUT2D eigenvalue weighted by Gasteiger charge is -2.16. The van der Waals surface area contributed by atoms with Gasteiger partial charge in [0, 0.05) is 5.92 Å². The molecule has 1 atom stereocenters. The van der Waals surface area contributed by atoms with Crippen LogP contribution >= 0.6 is 11.3 Å². The van der Waals surface area contributed by atoms with Crippen LogP contribution in [0.2, 0.25) is 0 Å². The first kappa shape index (κ1) is 15.0. The van der Waals surface area contributed by atoms with E-state index in [2.05, 4.69) is 32.8 Å². The van der Waals surface area contributed by atoms with Gasteiger partial charge in [0.25, 0.3) is 0 Å². The van der Waals surface area contributed by atoms with E-state index in [-0.39, 0.29) is 11.8 Å². The lowest BCUT2D eigenvalue weighted by atomic mass is 9.94. The van der Waals surface area contributed by atoms with Crippen molar-refractivity contribution in [3.05, 3.63) is 47.6 Å². The van der Waals surface area contributed by atoms with Gasteiger partial charge in [-0.25, -0.2) is 0 Å². The van der Waals surface area contributed by atoms with E-state index in [1.807, 2.05) is 29.6 Å². The van der Waals surface area contributed by atoms with Crippen LogP contribution < -0.4 is 5.32 Å². The van der Waals surface area contributed by atoms with Crippen molar-refractivity contribution >= 4 is 22.9 Å². The highest BCUT2D eigenvalue weighted by molar-refractivity contribution is 7.13. The lowest BCUT2D eigenvalue weighted by Crippen LogP contribution is -2.31. The number of amides is 1. The predicted molar refractivity (Wildman–Crippen MR) is 92.4 cm³/mol. The van der Waals surface area contributed by atoms with Crippen molar-refractivity contribution in [2.24, 2.45) is 5.92 Å². The first-order valence-corrected chi connectivity index (χ1v) is 8.87. The Bertz CT molecular complexity index is 884. The van der Waals surface area contributed by atoms with Gasteiger partial charge < -0.3 is 5.32 Å². The van der Waals surface area contributed by atoms with Gasteiger partial charge in [-0.15, -0.1) is 21.5 Å². The first-order valence-electron chi connectivity index (χ1n) is 7.99. The maximum absolute atomic E-state index is 12.3. The standard InChI is InChI=1S/C17H17N5OS/c23-17(12-5-2-1-3-6-12)18-11-16-20-19-15-9-8-13(21-22(15)16)14-7-4-10-24-14/h1-2,4,7-10,12H,3,5-6,11H2,(H,18,23)/t12-/m0/s1. The van der Waals surface area contributed by atoms with Gasteiger partial charge in [0.2, 0.25) is 5.91 Å². The van der Waals surface area contributed by atoms with Crippen molar-refractivity contribution in [1.29, 1.82) is 0 Å². The number of thiophene rings is 1. The Morgan fingerprint density at radius 3 is 3.04 bits per heavy atom. The van der Waals surface area contributed by atoms with E-state index < -0.39 is 0 Å². The Hall–Kier alpha value is -2.54. The highest BCUT2D eigenvalue weighted by atomic mass is 32.1. The maximum atomic E-state index is 12.3. The minimum absolute atomic E-state index is 0.0591. The molecule has 0 aromatic carbocycles. The number of hydrogen-bond acceptors (Lipinski definition) is 5. The summed E-state index contributed by atoms with van der Waals surface area (Å²) in [5, 5.41) is 17.9. The molecule has 0 unspecified atom stereocenters. The maximum Gasteiger partial charge on any atom is 0.223 e. The molecule has 1 aliphatic carbocycles. The average Bonchev–Trinajstić information content (AvgIpc) is 3.30. The van der Waals surface area contributed by atoms with Crippen molar-refractivity contribution < 1.29 is 4.79 Å². The molecule has 6 nitrogen and oxygen atoms in total. The smallest absolute Gasteiger partial charge is 0.223 e. The fourth-order valence-electron chi connectivity index (χ4n) is 2.84. The second kappa shape index (κ2) is 6.52. The largest absolute Gasteiger partial charge is 0.348 e. The number of rotatable bonds is 4. The van der Waals surface area contributed by atoms with Crippen LogP contribution in [0.1, 0.15) is 25.1 Å². The Labute approximate surface area is 143 Å². The molecule has 3 aromatic heterocycles. The van der Waals surface area contributed by atoms with Gasteiger partial charge in [-0.2, -0.15) is 9.61 Å². The van der Waals surface area contributed by atoms with Gasteiger partial charge in [-0.3, -0.25) is 4.79 Å². The zero-order chi connectivity index (χ0) is 16.4. The van der Waals surface area contributed by atoms with Crippen molar-refractivity contribution in [2.75, 3.05) is 0 Å². The SMILES string of the molecule is O=C(NCc1nnc2ccc(-c3cccs3)nn12)[C@H]1CC=CCC1. The van der Waals surface area contributed by atoms with Crippen LogP contribution in [0, 0.1) is 5.92 Å². The molecular weight excluding hydrogens is 322 g/mol. The Balaban J connectivity index is 1.52. The van der Waals surface area contributed by atoms with Crippen LogP contribution in [0.15, 0.2) is 41.8 Å². The number of carbonyl (C=O) groups is 1. The number of nitrogens with zero attached hydrogens (tertiary/aromatic N) is 4. The zero-order valence-electron chi connectivity index (χ0n) is 13.1. The zero-order valence-corrected chi connectivity index (χ0v) is 13.9. The summed E-state index contributed by atoms with van der Waals surface area (Å²) >= 11 is 1.64. The third-order valence-corrected chi connectivity index (χ3v) is 5.05. The van der Waals surface area contributed by atoms with Crippen molar-refractivity contribution in [3.8, 4) is 10.6 Å². The fourth-order valence-corrected chi connectivity index (χ4v) is 3.53. The molecule has 0 radical (unpaired) electrons. The average molecular weight is 339 g/mol. The van der Waals surface area contributed by atoms with Crippen molar-refractivity contribution in [2.45, 2.75) is 25.8 Å². The molecule has 3 aromatic rings. The first-order chi connectivity index (χ1) is 11.8. The quantitative estimate of drug-likeness (QED) is 0.742. The van der Waals surface area contributed by atoms with Crippen LogP contribution in [0.4, 0.5) is 0 Å². The third-order valence-electron chi connectivity index (χ3n) is 4.16. The van der Waals surface area contributed by atoms with E-state index in [1.54, 1.807) is 15.9 Å². The van der Waals surface area contributed by atoms with Crippen LogP contribution in [0.5, 0.6) is 0 Å². The molecule has 0 spiro atoms. The van der Waals surface area contributed by atoms with Gasteiger partial charge >= 0.3 is 0 Å². The van der Waals surface area contributed by atoms with E-state index in [9.17, 15) is 4.79 Å². The van der Waals surface area contributed by atoms with Gasteiger partial charge in [0.15, 0.2) is 11.5 Å². The molecule has 4 rings (SSSR count). The summed E-state index contributed by atoms with van der Waals surface area (Å²) in [6.45, 7) is 0.334. The summed E-state index contributed by atoms with van der Waals surface area (Å²) in [7, 11) is 0. The second-order valence-corrected chi connectivity index (χ2v) is 6.73. The molecule has 1 aliphatic rings. The van der Waals surface area contributed by atoms with E-state index in [4.69, 9.17) is 0 Å². The Kier molecular flexibility index (Phi) is 4.08. The molecule has 0 saturated carbocycles. The van der Waals surface area contributed by atoms with Gasteiger partial charge in [0.05, 0.1) is 11.4 Å². The molecule has 3 heterocycles. The number of nitrogens with one attached hydrogen (secondary N) is 1. The van der Waals surface area contributed by atoms with E-state index in [0.29, 0.717) is 18.0 Å². The summed E-state index contributed by atoms with van der Waals surface area (Å²) in [6, 6.07) is 7.86. The topological polar surface area (TPSA) is 72.2 Å². The third kappa shape index (κ3) is 2.94. The van der Waals surface area contributed by atoms with Crippen molar-refractivity contribution in [1.82, 2.24) is 25.1 Å². The van der Waals surface area contributed by atoms with E-state index in [1.165, 1.54) is 0 Å². The van der Waals surface area contributed by atoms with Crippen LogP contribution in [0.3, 0.4) is 0 Å². The lowest BCUT2D eigenvalue weighted by molar-refractivity contribution is -0.125. The molecule has 0 fully saturated rings. The Morgan fingerprint density at radius 2 is 2.25 bits per heavy atom. The molecule has 24 heavy (non-hydrogen) atoms. The summed E-state index contributed by atoms with van der Waals surface area (Å²) in [4.78, 5) is 13.4. The number of aromatic nitrogens is 4. The van der Waals surface area contributed by atoms with Crippen LogP contribution in [-0.4, -0.2) is 25.7 Å². The van der Waals surface area contributed by atoms with Gasteiger partial charge in [-0.05, 0) is 42.8 Å². The fraction of sp³-hybridized carbons (Fsp3) is 0.294. The normalized spacial score (nSPS) is 17.2. The molecular formula is C17H17N5OS. The molecule has 1 N–H and O–H groups in total. The molecule has 122 valence electrons.